The lowest BCUT2D eigenvalue weighted by Gasteiger charge is -2.09. The van der Waals surface area contributed by atoms with E-state index in [9.17, 15) is 9.90 Å². The molecule has 0 spiro atoms. The van der Waals surface area contributed by atoms with E-state index in [1.165, 1.54) is 0 Å². The molecule has 1 amide bonds. The summed E-state index contributed by atoms with van der Waals surface area (Å²) in [4.78, 5) is 11.0. The van der Waals surface area contributed by atoms with E-state index in [1.54, 1.807) is 10.9 Å². The van der Waals surface area contributed by atoms with Gasteiger partial charge in [0, 0.05) is 0 Å². The Morgan fingerprint density at radius 3 is 2.85 bits per heavy atom. The van der Waals surface area contributed by atoms with Gasteiger partial charge in [-0.2, -0.15) is 0 Å². The number of rotatable bonds is 6. The summed E-state index contributed by atoms with van der Waals surface area (Å²) in [5.74, 6) is -0.246. The maximum Gasteiger partial charge on any atom is 0.234 e. The van der Waals surface area contributed by atoms with Crippen molar-refractivity contribution in [1.29, 1.82) is 0 Å². The first-order chi connectivity index (χ1) is 9.69. The molecule has 20 heavy (non-hydrogen) atoms. The minimum Gasteiger partial charge on any atom is -0.386 e. The van der Waals surface area contributed by atoms with Gasteiger partial charge in [-0.15, -0.1) is 5.10 Å². The number of hydrogen-bond acceptors (Lipinski definition) is 5. The molecular weight excluding hydrogens is 258 g/mol. The number of carbonyl (C=O) groups excluding carboxylic acids is 1. The van der Waals surface area contributed by atoms with Crippen LogP contribution in [-0.4, -0.2) is 32.6 Å². The van der Waals surface area contributed by atoms with E-state index < -0.39 is 6.10 Å². The highest BCUT2D eigenvalue weighted by Crippen LogP contribution is 2.13. The van der Waals surface area contributed by atoms with Crippen molar-refractivity contribution in [3.63, 3.8) is 0 Å². The number of carbonyl (C=O) groups is 1. The zero-order valence-corrected chi connectivity index (χ0v) is 10.9. The summed E-state index contributed by atoms with van der Waals surface area (Å²) < 4.78 is 1.54. The van der Waals surface area contributed by atoms with Crippen LogP contribution in [0.15, 0.2) is 36.5 Å². The van der Waals surface area contributed by atoms with Crippen molar-refractivity contribution in [2.75, 3.05) is 6.54 Å². The zero-order chi connectivity index (χ0) is 14.4. The van der Waals surface area contributed by atoms with Crippen LogP contribution in [0.1, 0.15) is 17.4 Å². The van der Waals surface area contributed by atoms with Crippen molar-refractivity contribution >= 4 is 5.91 Å². The summed E-state index contributed by atoms with van der Waals surface area (Å²) in [6, 6.07) is 9.33. The van der Waals surface area contributed by atoms with E-state index >= 15 is 0 Å². The van der Waals surface area contributed by atoms with Crippen LogP contribution >= 0.6 is 0 Å². The molecule has 0 saturated carbocycles. The average Bonchev–Trinajstić information content (AvgIpc) is 2.93. The van der Waals surface area contributed by atoms with Crippen molar-refractivity contribution in [3.8, 4) is 0 Å². The van der Waals surface area contributed by atoms with Crippen molar-refractivity contribution in [3.05, 3.63) is 47.8 Å². The van der Waals surface area contributed by atoms with Gasteiger partial charge in [0.15, 0.2) is 0 Å². The van der Waals surface area contributed by atoms with Gasteiger partial charge in [-0.25, -0.2) is 4.68 Å². The van der Waals surface area contributed by atoms with Gasteiger partial charge in [-0.3, -0.25) is 4.79 Å². The first kappa shape index (κ1) is 14.2. The van der Waals surface area contributed by atoms with Crippen molar-refractivity contribution < 1.29 is 9.90 Å². The summed E-state index contributed by atoms with van der Waals surface area (Å²) in [7, 11) is 0. The number of benzene rings is 1. The van der Waals surface area contributed by atoms with E-state index in [1.807, 2.05) is 30.3 Å². The van der Waals surface area contributed by atoms with Gasteiger partial charge in [-0.1, -0.05) is 35.5 Å². The number of aliphatic hydroxyl groups excluding tert-OH is 1. The molecule has 2 aromatic rings. The molecule has 0 aliphatic carbocycles. The largest absolute Gasteiger partial charge is 0.386 e. The van der Waals surface area contributed by atoms with Gasteiger partial charge in [0.25, 0.3) is 0 Å². The molecule has 1 heterocycles. The highest BCUT2D eigenvalue weighted by Gasteiger charge is 2.10. The summed E-state index contributed by atoms with van der Waals surface area (Å²) in [5.41, 5.74) is 6.62. The van der Waals surface area contributed by atoms with Crippen molar-refractivity contribution in [1.82, 2.24) is 20.3 Å². The third kappa shape index (κ3) is 3.87. The number of nitrogens with one attached hydrogen (secondary N) is 1. The molecule has 106 valence electrons. The fraction of sp³-hybridized carbons (Fsp3) is 0.308. The Labute approximate surface area is 116 Å². The SMILES string of the molecule is NCC(=O)NCc1cn(CC(O)c2ccccc2)nn1. The Balaban J connectivity index is 1.91. The van der Waals surface area contributed by atoms with Gasteiger partial charge >= 0.3 is 0 Å². The summed E-state index contributed by atoms with van der Waals surface area (Å²) in [6.45, 7) is 0.528. The molecule has 1 atom stereocenters. The first-order valence-corrected chi connectivity index (χ1v) is 6.28. The number of amides is 1. The van der Waals surface area contributed by atoms with Gasteiger partial charge < -0.3 is 16.2 Å². The van der Waals surface area contributed by atoms with Crippen LogP contribution in [0.3, 0.4) is 0 Å². The minimum absolute atomic E-state index is 0.0547. The molecule has 0 aliphatic heterocycles. The summed E-state index contributed by atoms with van der Waals surface area (Å²) >= 11 is 0. The molecule has 0 saturated heterocycles. The van der Waals surface area contributed by atoms with E-state index in [0.29, 0.717) is 12.2 Å². The molecule has 1 aromatic carbocycles. The lowest BCUT2D eigenvalue weighted by molar-refractivity contribution is -0.119. The highest BCUT2D eigenvalue weighted by molar-refractivity contribution is 5.77. The molecule has 1 aromatic heterocycles. The number of nitrogens with zero attached hydrogens (tertiary/aromatic N) is 3. The van der Waals surface area contributed by atoms with Crippen LogP contribution in [0.5, 0.6) is 0 Å². The maximum absolute atomic E-state index is 11.0. The number of aromatic nitrogens is 3. The average molecular weight is 275 g/mol. The second-order valence-electron chi connectivity index (χ2n) is 4.34. The quantitative estimate of drug-likeness (QED) is 0.664. The molecule has 0 bridgehead atoms. The Morgan fingerprint density at radius 2 is 2.15 bits per heavy atom. The highest BCUT2D eigenvalue weighted by atomic mass is 16.3. The van der Waals surface area contributed by atoms with Crippen LogP contribution in [-0.2, 0) is 17.9 Å². The lowest BCUT2D eigenvalue weighted by Crippen LogP contribution is -2.29. The van der Waals surface area contributed by atoms with Gasteiger partial charge in [-0.05, 0) is 5.56 Å². The predicted molar refractivity (Wildman–Crippen MR) is 72.3 cm³/mol. The molecule has 7 heteroatoms. The Morgan fingerprint density at radius 1 is 1.40 bits per heavy atom. The van der Waals surface area contributed by atoms with Crippen molar-refractivity contribution in [2.45, 2.75) is 19.2 Å². The van der Waals surface area contributed by atoms with E-state index in [-0.39, 0.29) is 19.0 Å². The molecule has 2 rings (SSSR count). The van der Waals surface area contributed by atoms with Gasteiger partial charge in [0.1, 0.15) is 5.69 Å². The monoisotopic (exact) mass is 275 g/mol. The summed E-state index contributed by atoms with van der Waals surface area (Å²) in [5, 5.41) is 20.5. The maximum atomic E-state index is 11.0. The van der Waals surface area contributed by atoms with Gasteiger partial charge in [0.2, 0.25) is 5.91 Å². The zero-order valence-electron chi connectivity index (χ0n) is 10.9. The van der Waals surface area contributed by atoms with Crippen LogP contribution in [0.4, 0.5) is 0 Å². The Bertz CT molecular complexity index is 555. The fourth-order valence-electron chi connectivity index (χ4n) is 1.73. The van der Waals surface area contributed by atoms with Crippen molar-refractivity contribution in [2.24, 2.45) is 5.73 Å². The van der Waals surface area contributed by atoms with Crippen LogP contribution < -0.4 is 11.1 Å². The molecular formula is C13H17N5O2. The molecule has 0 aliphatic rings. The molecule has 0 radical (unpaired) electrons. The second kappa shape index (κ2) is 6.78. The third-order valence-electron chi connectivity index (χ3n) is 2.78. The third-order valence-corrected chi connectivity index (χ3v) is 2.78. The van der Waals surface area contributed by atoms with E-state index in [4.69, 9.17) is 5.73 Å². The fourth-order valence-corrected chi connectivity index (χ4v) is 1.73. The van der Waals surface area contributed by atoms with Crippen LogP contribution in [0.2, 0.25) is 0 Å². The topological polar surface area (TPSA) is 106 Å². The molecule has 4 N–H and O–H groups in total. The predicted octanol–water partition coefficient (Wildman–Crippen LogP) is -0.413. The van der Waals surface area contributed by atoms with E-state index in [2.05, 4.69) is 15.6 Å². The smallest absolute Gasteiger partial charge is 0.234 e. The first-order valence-electron chi connectivity index (χ1n) is 6.28. The number of aliphatic hydroxyl groups is 1. The Hall–Kier alpha value is -2.25. The lowest BCUT2D eigenvalue weighted by atomic mass is 10.1. The standard InChI is InChI=1S/C13H17N5O2/c14-6-13(20)15-7-11-8-18(17-16-11)9-12(19)10-4-2-1-3-5-10/h1-5,8,12,19H,6-7,9,14H2,(H,15,20). The molecule has 1 unspecified atom stereocenters. The van der Waals surface area contributed by atoms with E-state index in [0.717, 1.165) is 5.56 Å². The van der Waals surface area contributed by atoms with Crippen LogP contribution in [0.25, 0.3) is 0 Å². The normalized spacial score (nSPS) is 12.1. The van der Waals surface area contributed by atoms with Gasteiger partial charge in [0.05, 0.1) is 31.9 Å². The Kier molecular flexibility index (Phi) is 4.80. The molecule has 7 nitrogen and oxygen atoms in total. The number of nitrogens with two attached hydrogens (primary N) is 1. The summed E-state index contributed by atoms with van der Waals surface area (Å²) in [6.07, 6.45) is 1.03. The number of hydrogen-bond donors (Lipinski definition) is 3. The molecule has 0 fully saturated rings. The minimum atomic E-state index is -0.649. The second-order valence-corrected chi connectivity index (χ2v) is 4.34. The van der Waals surface area contributed by atoms with Crippen LogP contribution in [0, 0.1) is 0 Å².